The minimum absolute atomic E-state index is 0.114. The molecule has 1 atom stereocenters. The number of anilines is 2. The largest absolute Gasteiger partial charge is 0.403 e. The molecule has 0 aromatic carbocycles. The van der Waals surface area contributed by atoms with Crippen LogP contribution in [0.2, 0.25) is 0 Å². The Bertz CT molecular complexity index is 1030. The van der Waals surface area contributed by atoms with Crippen molar-refractivity contribution >= 4 is 17.4 Å². The van der Waals surface area contributed by atoms with Gasteiger partial charge in [-0.25, -0.2) is 4.98 Å². The molecule has 0 spiro atoms. The Morgan fingerprint density at radius 3 is 2.56 bits per heavy atom. The Labute approximate surface area is 200 Å². The van der Waals surface area contributed by atoms with Crippen LogP contribution in [0.1, 0.15) is 39.4 Å². The second-order valence-electron chi connectivity index (χ2n) is 8.65. The normalized spacial score (nSPS) is 22.4. The van der Waals surface area contributed by atoms with Gasteiger partial charge in [0.05, 0.1) is 0 Å². The zero-order valence-electron chi connectivity index (χ0n) is 21.1. The van der Waals surface area contributed by atoms with Crippen LogP contribution in [0.25, 0.3) is 0 Å². The Balaban J connectivity index is 1.41. The first-order chi connectivity index (χ1) is 17.0. The van der Waals surface area contributed by atoms with Crippen molar-refractivity contribution in [2.45, 2.75) is 44.4 Å². The van der Waals surface area contributed by atoms with Crippen molar-refractivity contribution in [1.29, 1.82) is 0 Å². The highest BCUT2D eigenvalue weighted by Gasteiger charge is 2.41. The number of halogens is 3. The van der Waals surface area contributed by atoms with Crippen molar-refractivity contribution in [2.24, 2.45) is 0 Å². The topological polar surface area (TPSA) is 64.6 Å². The lowest BCUT2D eigenvalue weighted by Gasteiger charge is -2.40. The van der Waals surface area contributed by atoms with Crippen molar-refractivity contribution in [3.63, 3.8) is 0 Å². The zero-order chi connectivity index (χ0) is 25.9. The van der Waals surface area contributed by atoms with E-state index >= 15 is 0 Å². The number of nitrogens with one attached hydrogen (secondary N) is 1. The van der Waals surface area contributed by atoms with Crippen LogP contribution in [0.4, 0.5) is 24.7 Å². The molecule has 34 heavy (non-hydrogen) atoms. The van der Waals surface area contributed by atoms with Crippen molar-refractivity contribution in [3.8, 4) is 0 Å². The third kappa shape index (κ3) is 6.04. The van der Waals surface area contributed by atoms with E-state index < -0.39 is 24.6 Å². The minimum Gasteiger partial charge on any atom is -0.355 e. The lowest BCUT2D eigenvalue weighted by molar-refractivity contribution is -0.182. The summed E-state index contributed by atoms with van der Waals surface area (Å²) in [6, 6.07) is 6.93. The number of alkyl halides is 3. The maximum Gasteiger partial charge on any atom is 0.403 e. The van der Waals surface area contributed by atoms with Gasteiger partial charge in [0.25, 0.3) is 5.91 Å². The highest BCUT2D eigenvalue weighted by atomic mass is 19.4. The number of likely N-dealkylation sites (tertiary alicyclic amines) is 1. The van der Waals surface area contributed by atoms with Crippen LogP contribution in [0.15, 0.2) is 42.7 Å². The highest BCUT2D eigenvalue weighted by Crippen LogP contribution is 2.28. The van der Waals surface area contributed by atoms with Crippen molar-refractivity contribution in [1.82, 2.24) is 19.8 Å². The first-order valence-electron chi connectivity index (χ1n) is 12.6. The van der Waals surface area contributed by atoms with Gasteiger partial charge in [0.2, 0.25) is 0 Å². The van der Waals surface area contributed by atoms with E-state index in [2.05, 4.69) is 20.2 Å². The van der Waals surface area contributed by atoms with E-state index in [9.17, 15) is 18.0 Å². The molecule has 2 fully saturated rings. The third-order valence-corrected chi connectivity index (χ3v) is 6.53. The molecule has 1 amide bonds. The molecule has 0 saturated carbocycles. The van der Waals surface area contributed by atoms with Gasteiger partial charge in [-0.05, 0) is 50.5 Å². The summed E-state index contributed by atoms with van der Waals surface area (Å²) in [4.78, 5) is 26.3. The maximum absolute atomic E-state index is 13.1. The first kappa shape index (κ1) is 21.8. The summed E-state index contributed by atoms with van der Waals surface area (Å²) in [5, 5.41) is 2.76. The molecule has 2 saturated heterocycles. The quantitative estimate of drug-likeness (QED) is 0.708. The molecular formula is C24H31F3N6O. The number of hydrogen-bond donors (Lipinski definition) is 1. The van der Waals surface area contributed by atoms with E-state index in [1.807, 2.05) is 0 Å². The number of piperidine rings is 1. The van der Waals surface area contributed by atoms with Gasteiger partial charge in [0, 0.05) is 66.1 Å². The van der Waals surface area contributed by atoms with Gasteiger partial charge in [0.1, 0.15) is 17.6 Å². The number of carbonyl (C=O) groups excluding carboxylic acids is 1. The fourth-order valence-electron chi connectivity index (χ4n) is 4.48. The second kappa shape index (κ2) is 10.7. The van der Waals surface area contributed by atoms with Gasteiger partial charge in [0.15, 0.2) is 0 Å². The van der Waals surface area contributed by atoms with Gasteiger partial charge in [-0.15, -0.1) is 0 Å². The number of pyridine rings is 2. The number of amides is 1. The number of rotatable bonds is 5. The molecule has 0 aliphatic carbocycles. The van der Waals surface area contributed by atoms with E-state index in [4.69, 9.17) is 2.74 Å². The van der Waals surface area contributed by atoms with Gasteiger partial charge < -0.3 is 10.2 Å². The summed E-state index contributed by atoms with van der Waals surface area (Å²) in [7, 11) is 0. The Morgan fingerprint density at radius 2 is 1.85 bits per heavy atom. The lowest BCUT2D eigenvalue weighted by Crippen LogP contribution is -2.51. The summed E-state index contributed by atoms with van der Waals surface area (Å²) in [5.41, 5.74) is 0.756. The fraction of sp³-hybridized carbons (Fsp3) is 0.542. The SMILES string of the molecule is [2H]C1([2H])CCN(C2CCN([C@@H](C)C(F)(F)F)CC2)CCN1c1cccc(C(=O)Nc2ccncc2)n1. The summed E-state index contributed by atoms with van der Waals surface area (Å²) in [6.07, 6.45) is 0.359. The van der Waals surface area contributed by atoms with Crippen molar-refractivity contribution in [2.75, 3.05) is 49.4 Å². The van der Waals surface area contributed by atoms with E-state index in [-0.39, 0.29) is 18.2 Å². The van der Waals surface area contributed by atoms with Gasteiger partial charge in [-0.1, -0.05) is 6.07 Å². The fourth-order valence-corrected chi connectivity index (χ4v) is 4.48. The zero-order valence-corrected chi connectivity index (χ0v) is 19.1. The summed E-state index contributed by atoms with van der Waals surface area (Å²) < 4.78 is 56.6. The highest BCUT2D eigenvalue weighted by molar-refractivity contribution is 6.03. The third-order valence-electron chi connectivity index (χ3n) is 6.53. The van der Waals surface area contributed by atoms with Gasteiger partial charge in [-0.3, -0.25) is 19.6 Å². The molecule has 4 heterocycles. The monoisotopic (exact) mass is 478 g/mol. The number of hydrogen-bond acceptors (Lipinski definition) is 6. The van der Waals surface area contributed by atoms with E-state index in [0.717, 1.165) is 0 Å². The molecule has 184 valence electrons. The van der Waals surface area contributed by atoms with Crippen LogP contribution in [-0.2, 0) is 0 Å². The van der Waals surface area contributed by atoms with Crippen LogP contribution < -0.4 is 10.2 Å². The van der Waals surface area contributed by atoms with Crippen LogP contribution in [0.5, 0.6) is 0 Å². The molecule has 2 aromatic heterocycles. The molecule has 0 radical (unpaired) electrons. The lowest BCUT2D eigenvalue weighted by atomic mass is 10.0. The van der Waals surface area contributed by atoms with Crippen LogP contribution in [0, 0.1) is 0 Å². The number of carbonyl (C=O) groups is 1. The van der Waals surface area contributed by atoms with Crippen molar-refractivity contribution in [3.05, 3.63) is 48.4 Å². The molecule has 4 rings (SSSR count). The molecule has 0 unspecified atom stereocenters. The predicted molar refractivity (Wildman–Crippen MR) is 125 cm³/mol. The number of aromatic nitrogens is 2. The molecule has 2 aliphatic rings. The average Bonchev–Trinajstić information content (AvgIpc) is 3.01. The van der Waals surface area contributed by atoms with E-state index in [0.29, 0.717) is 57.1 Å². The van der Waals surface area contributed by atoms with E-state index in [1.54, 1.807) is 47.6 Å². The molecule has 1 N–H and O–H groups in total. The Kier molecular flexibility index (Phi) is 6.85. The summed E-state index contributed by atoms with van der Waals surface area (Å²) in [6.45, 7) is 1.68. The molecular weight excluding hydrogens is 445 g/mol. The number of nitrogens with zero attached hydrogens (tertiary/aromatic N) is 5. The summed E-state index contributed by atoms with van der Waals surface area (Å²) in [5.74, 6) is -0.0297. The maximum atomic E-state index is 13.1. The molecule has 2 aliphatic heterocycles. The van der Waals surface area contributed by atoms with Crippen LogP contribution in [-0.4, -0.2) is 83.2 Å². The van der Waals surface area contributed by atoms with Crippen LogP contribution >= 0.6 is 0 Å². The smallest absolute Gasteiger partial charge is 0.355 e. The predicted octanol–water partition coefficient (Wildman–Crippen LogP) is 3.66. The standard InChI is InChI=1S/C24H31F3N6O/c1-18(24(25,26)27)31-14-8-20(9-15-31)32-12-3-13-33(17-16-32)22-5-2-4-21(30-22)23(34)29-19-6-10-28-11-7-19/h2,4-7,10-11,18,20H,3,8-9,12-17H2,1H3,(H,28,29,34)/t18-/m0/s1/i13D2. The second-order valence-corrected chi connectivity index (χ2v) is 8.65. The van der Waals surface area contributed by atoms with Gasteiger partial charge >= 0.3 is 6.18 Å². The Morgan fingerprint density at radius 1 is 1.12 bits per heavy atom. The average molecular weight is 479 g/mol. The molecule has 7 nitrogen and oxygen atoms in total. The molecule has 0 bridgehead atoms. The van der Waals surface area contributed by atoms with Gasteiger partial charge in [-0.2, -0.15) is 13.2 Å². The van der Waals surface area contributed by atoms with Crippen LogP contribution in [0.3, 0.4) is 0 Å². The van der Waals surface area contributed by atoms with Crippen molar-refractivity contribution < 1.29 is 20.7 Å². The molecule has 10 heteroatoms. The summed E-state index contributed by atoms with van der Waals surface area (Å²) >= 11 is 0. The Hall–Kier alpha value is -2.72. The molecule has 2 aromatic rings. The van der Waals surface area contributed by atoms with E-state index in [1.165, 1.54) is 11.8 Å². The minimum atomic E-state index is -4.23. The first-order valence-corrected chi connectivity index (χ1v) is 11.6.